The Balaban J connectivity index is 0.00000141. The summed E-state index contributed by atoms with van der Waals surface area (Å²) in [6.45, 7) is 5.68. The van der Waals surface area contributed by atoms with Crippen molar-refractivity contribution in [3.05, 3.63) is 0 Å². The molecule has 1 aliphatic rings. The van der Waals surface area contributed by atoms with Crippen LogP contribution in [-0.4, -0.2) is 53.3 Å². The minimum absolute atomic E-state index is 1.01. The average molecular weight is 370 g/mol. The number of aliphatic imine (C=N–C) groups is 1. The predicted octanol–water partition coefficient (Wildman–Crippen LogP) is 4.15. The molecule has 0 unspecified atom stereocenters. The first-order valence-electron chi connectivity index (χ1n) is 10.9. The molecular weight excluding hydrogens is 327 g/mol. The Bertz CT molecular complexity index is 302. The molecule has 26 heavy (non-hydrogen) atoms. The van der Waals surface area contributed by atoms with E-state index in [1.807, 2.05) is 6.34 Å². The smallest absolute Gasteiger partial charge is 0.402 e. The summed E-state index contributed by atoms with van der Waals surface area (Å²) in [5.41, 5.74) is 0. The zero-order valence-corrected chi connectivity index (χ0v) is 17.1. The summed E-state index contributed by atoms with van der Waals surface area (Å²) in [7, 11) is -2.17. The van der Waals surface area contributed by atoms with Gasteiger partial charge in [0.15, 0.2) is 0 Å². The van der Waals surface area contributed by atoms with Crippen LogP contribution in [0, 0.1) is 0 Å². The number of unbranched alkanes of at least 4 members (excludes halogenated alkanes) is 14. The molecule has 1 heterocycles. The lowest BCUT2D eigenvalue weighted by atomic mass is 10.0. The van der Waals surface area contributed by atoms with Crippen molar-refractivity contribution in [1.29, 1.82) is 0 Å². The number of nitrogens with zero attached hydrogens (tertiary/aromatic N) is 2. The van der Waals surface area contributed by atoms with Gasteiger partial charge in [0.1, 0.15) is 0 Å². The summed E-state index contributed by atoms with van der Waals surface area (Å²) in [5.74, 6) is 0. The van der Waals surface area contributed by atoms with Crippen molar-refractivity contribution in [2.75, 3.05) is 19.6 Å². The Hall–Kier alpha value is -0.585. The van der Waals surface area contributed by atoms with E-state index < -0.39 is 7.32 Å². The van der Waals surface area contributed by atoms with E-state index in [-0.39, 0.29) is 0 Å². The highest BCUT2D eigenvalue weighted by Crippen LogP contribution is 2.13. The van der Waals surface area contributed by atoms with Gasteiger partial charge in [-0.2, -0.15) is 0 Å². The van der Waals surface area contributed by atoms with Gasteiger partial charge in [-0.25, -0.2) is 0 Å². The quantitative estimate of drug-likeness (QED) is 0.282. The summed E-state index contributed by atoms with van der Waals surface area (Å²) in [5, 5.41) is 21.5. The molecule has 0 aromatic heterocycles. The van der Waals surface area contributed by atoms with Gasteiger partial charge in [0, 0.05) is 13.1 Å². The molecule has 0 aromatic carbocycles. The first-order chi connectivity index (χ1) is 12.7. The van der Waals surface area contributed by atoms with Crippen molar-refractivity contribution in [3.8, 4) is 0 Å². The Labute approximate surface area is 162 Å². The maximum absolute atomic E-state index is 7.17. The van der Waals surface area contributed by atoms with Crippen molar-refractivity contribution < 1.29 is 15.1 Å². The molecule has 3 N–H and O–H groups in total. The van der Waals surface area contributed by atoms with Gasteiger partial charge in [0.05, 0.1) is 12.9 Å². The molecule has 0 saturated carbocycles. The van der Waals surface area contributed by atoms with Crippen molar-refractivity contribution in [1.82, 2.24) is 4.90 Å². The van der Waals surface area contributed by atoms with Gasteiger partial charge in [-0.15, -0.1) is 0 Å². The Morgan fingerprint density at radius 2 is 1.12 bits per heavy atom. The maximum atomic E-state index is 7.17. The molecule has 1 rings (SSSR count). The molecule has 5 nitrogen and oxygen atoms in total. The predicted molar refractivity (Wildman–Crippen MR) is 112 cm³/mol. The van der Waals surface area contributed by atoms with Crippen LogP contribution in [-0.2, 0) is 0 Å². The molecule has 6 heteroatoms. The number of hydrogen-bond acceptors (Lipinski definition) is 5. The molecule has 154 valence electrons. The van der Waals surface area contributed by atoms with E-state index in [0.29, 0.717) is 0 Å². The van der Waals surface area contributed by atoms with Crippen LogP contribution in [0.2, 0.25) is 0 Å². The van der Waals surface area contributed by atoms with Crippen LogP contribution in [0.4, 0.5) is 0 Å². The molecule has 0 bridgehead atoms. The van der Waals surface area contributed by atoms with Gasteiger partial charge < -0.3 is 20.0 Å². The van der Waals surface area contributed by atoms with Crippen LogP contribution in [0.5, 0.6) is 0 Å². The minimum Gasteiger partial charge on any atom is -0.402 e. The van der Waals surface area contributed by atoms with E-state index in [4.69, 9.17) is 15.1 Å². The summed E-state index contributed by atoms with van der Waals surface area (Å²) in [4.78, 5) is 6.62. The molecule has 0 radical (unpaired) electrons. The lowest BCUT2D eigenvalue weighted by molar-refractivity contribution is 0.278. The largest absolute Gasteiger partial charge is 0.631 e. The number of rotatable bonds is 16. The van der Waals surface area contributed by atoms with E-state index in [9.17, 15) is 0 Å². The second-order valence-corrected chi connectivity index (χ2v) is 7.35. The van der Waals surface area contributed by atoms with Crippen LogP contribution in [0.15, 0.2) is 4.99 Å². The maximum Gasteiger partial charge on any atom is 0.631 e. The van der Waals surface area contributed by atoms with Gasteiger partial charge in [0.2, 0.25) is 0 Å². The topological polar surface area (TPSA) is 76.3 Å². The average Bonchev–Trinajstić information content (AvgIpc) is 3.11. The van der Waals surface area contributed by atoms with E-state index >= 15 is 0 Å². The van der Waals surface area contributed by atoms with Crippen LogP contribution in [0.1, 0.15) is 103 Å². The van der Waals surface area contributed by atoms with E-state index in [0.717, 1.165) is 13.1 Å². The van der Waals surface area contributed by atoms with Crippen molar-refractivity contribution in [2.24, 2.45) is 4.99 Å². The highest BCUT2D eigenvalue weighted by atomic mass is 16.5. The Kier molecular flexibility index (Phi) is 20.3. The third-order valence-corrected chi connectivity index (χ3v) is 4.81. The lowest BCUT2D eigenvalue weighted by Crippen LogP contribution is -2.20. The fraction of sp³-hybridized carbons (Fsp3) is 0.950. The van der Waals surface area contributed by atoms with E-state index in [1.54, 1.807) is 0 Å². The molecule has 0 fully saturated rings. The second kappa shape index (κ2) is 20.7. The van der Waals surface area contributed by atoms with Crippen molar-refractivity contribution in [2.45, 2.75) is 103 Å². The third kappa shape index (κ3) is 21.5. The standard InChI is InChI=1S/C20H40N2.BH3O3/c1-2-3-4-5-6-7-8-9-10-11-12-13-14-15-16-18-22-19-17-21-20-22;2-1(3)4/h20H,2-19H2,1H3;2-4H. The minimum atomic E-state index is -2.17. The molecule has 0 amide bonds. The summed E-state index contributed by atoms with van der Waals surface area (Å²) in [6.07, 6.45) is 23.7. The second-order valence-electron chi connectivity index (χ2n) is 7.35. The van der Waals surface area contributed by atoms with Crippen LogP contribution >= 0.6 is 0 Å². The normalized spacial score (nSPS) is 13.0. The molecule has 0 atom stereocenters. The molecular formula is C20H43BN2O3. The third-order valence-electron chi connectivity index (χ3n) is 4.81. The number of hydrogen-bond donors (Lipinski definition) is 3. The molecule has 0 aliphatic carbocycles. The van der Waals surface area contributed by atoms with E-state index in [2.05, 4.69) is 16.8 Å². The Morgan fingerprint density at radius 3 is 1.46 bits per heavy atom. The Morgan fingerprint density at radius 1 is 0.731 bits per heavy atom. The molecule has 0 saturated heterocycles. The van der Waals surface area contributed by atoms with Crippen LogP contribution in [0.3, 0.4) is 0 Å². The fourth-order valence-electron chi connectivity index (χ4n) is 3.27. The zero-order valence-electron chi connectivity index (χ0n) is 17.1. The first kappa shape index (κ1) is 25.4. The lowest BCUT2D eigenvalue weighted by Gasteiger charge is -2.12. The van der Waals surface area contributed by atoms with Crippen molar-refractivity contribution >= 4 is 13.7 Å². The highest BCUT2D eigenvalue weighted by Gasteiger charge is 2.03. The highest BCUT2D eigenvalue weighted by molar-refractivity contribution is 6.30. The fourth-order valence-corrected chi connectivity index (χ4v) is 3.27. The SMILES string of the molecule is CCCCCCCCCCCCCCCCCN1C=NCC1.OB(O)O. The monoisotopic (exact) mass is 370 g/mol. The first-order valence-corrected chi connectivity index (χ1v) is 10.9. The summed E-state index contributed by atoms with van der Waals surface area (Å²) in [6, 6.07) is 0. The van der Waals surface area contributed by atoms with Gasteiger partial charge in [-0.3, -0.25) is 4.99 Å². The zero-order chi connectivity index (χ0) is 19.3. The summed E-state index contributed by atoms with van der Waals surface area (Å²) >= 11 is 0. The van der Waals surface area contributed by atoms with Gasteiger partial charge in [0.25, 0.3) is 0 Å². The molecule has 0 spiro atoms. The van der Waals surface area contributed by atoms with Crippen molar-refractivity contribution in [3.63, 3.8) is 0 Å². The van der Waals surface area contributed by atoms with E-state index in [1.165, 1.54) is 103 Å². The molecule has 0 aromatic rings. The molecule has 1 aliphatic heterocycles. The van der Waals surface area contributed by atoms with Gasteiger partial charge in [-0.05, 0) is 6.42 Å². The summed E-state index contributed by atoms with van der Waals surface area (Å²) < 4.78 is 0. The van der Waals surface area contributed by atoms with Gasteiger partial charge in [-0.1, -0.05) is 96.8 Å². The van der Waals surface area contributed by atoms with Crippen LogP contribution < -0.4 is 0 Å². The van der Waals surface area contributed by atoms with Gasteiger partial charge >= 0.3 is 7.32 Å². The van der Waals surface area contributed by atoms with Crippen LogP contribution in [0.25, 0.3) is 0 Å².